The van der Waals surface area contributed by atoms with Gasteiger partial charge in [0, 0.05) is 13.2 Å². The van der Waals surface area contributed by atoms with Crippen molar-refractivity contribution in [2.75, 3.05) is 13.2 Å². The number of aliphatic hydroxyl groups is 1. The molecular weight excluding hydrogens is 196 g/mol. The highest BCUT2D eigenvalue weighted by Gasteiger charge is 2.28. The number of ether oxygens (including phenoxy) is 1. The molecule has 86 valence electrons. The molecule has 1 rings (SSSR count). The average molecular weight is 214 g/mol. The number of aliphatic carboxylic acids is 1. The van der Waals surface area contributed by atoms with Crippen molar-refractivity contribution in [2.24, 2.45) is 5.92 Å². The second kappa shape index (κ2) is 6.58. The molecule has 0 bridgehead atoms. The number of carbonyl (C=O) groups is 1. The topological polar surface area (TPSA) is 66.8 Å². The molecule has 0 saturated heterocycles. The predicted octanol–water partition coefficient (Wildman–Crippen LogP) is 1.19. The molecule has 2 atom stereocenters. The maximum atomic E-state index is 11.0. The number of carboxylic acids is 1. The van der Waals surface area contributed by atoms with Crippen LogP contribution in [0.25, 0.3) is 0 Å². The van der Waals surface area contributed by atoms with E-state index in [4.69, 9.17) is 14.9 Å². The Morgan fingerprint density at radius 2 is 2.33 bits per heavy atom. The van der Waals surface area contributed by atoms with Crippen LogP contribution in [0.4, 0.5) is 0 Å². The molecule has 0 amide bonds. The summed E-state index contributed by atoms with van der Waals surface area (Å²) in [5, 5.41) is 17.6. The fraction of sp³-hybridized carbons (Fsp3) is 0.727. The number of hydrogen-bond acceptors (Lipinski definition) is 3. The Bertz CT molecular complexity index is 225. The number of carboxylic acid groups (broad SMARTS) is 1. The zero-order chi connectivity index (χ0) is 11.1. The van der Waals surface area contributed by atoms with Gasteiger partial charge in [-0.3, -0.25) is 0 Å². The Kier molecular flexibility index (Phi) is 5.36. The molecule has 4 heteroatoms. The second-order valence-electron chi connectivity index (χ2n) is 3.75. The van der Waals surface area contributed by atoms with E-state index in [-0.39, 0.29) is 12.5 Å². The van der Waals surface area contributed by atoms with Gasteiger partial charge in [-0.2, -0.15) is 0 Å². The van der Waals surface area contributed by atoms with Crippen molar-refractivity contribution in [1.82, 2.24) is 0 Å². The van der Waals surface area contributed by atoms with E-state index in [1.807, 2.05) is 6.08 Å². The standard InChI is InChI=1S/C11H18O4/c12-7-4-8-15-10(11(13)14)9-5-2-1-3-6-9/h1-2,9-10,12H,3-8H2,(H,13,14). The van der Waals surface area contributed by atoms with Crippen LogP contribution in [0, 0.1) is 5.92 Å². The van der Waals surface area contributed by atoms with Crippen LogP contribution in [-0.2, 0) is 9.53 Å². The van der Waals surface area contributed by atoms with Crippen LogP contribution in [0.5, 0.6) is 0 Å². The summed E-state index contributed by atoms with van der Waals surface area (Å²) in [4.78, 5) is 11.0. The number of rotatable bonds is 6. The molecule has 0 aromatic carbocycles. The van der Waals surface area contributed by atoms with E-state index in [9.17, 15) is 4.79 Å². The molecule has 0 saturated carbocycles. The van der Waals surface area contributed by atoms with Crippen LogP contribution >= 0.6 is 0 Å². The van der Waals surface area contributed by atoms with Crippen LogP contribution in [0.1, 0.15) is 25.7 Å². The summed E-state index contributed by atoms with van der Waals surface area (Å²) in [6, 6.07) is 0. The molecule has 1 aliphatic carbocycles. The van der Waals surface area contributed by atoms with Gasteiger partial charge in [0.2, 0.25) is 0 Å². The minimum Gasteiger partial charge on any atom is -0.479 e. The maximum absolute atomic E-state index is 11.0. The molecule has 0 heterocycles. The first kappa shape index (κ1) is 12.2. The van der Waals surface area contributed by atoms with Crippen LogP contribution in [0.3, 0.4) is 0 Å². The predicted molar refractivity (Wildman–Crippen MR) is 55.6 cm³/mol. The van der Waals surface area contributed by atoms with Crippen molar-refractivity contribution in [2.45, 2.75) is 31.8 Å². The van der Waals surface area contributed by atoms with Gasteiger partial charge in [0.1, 0.15) is 0 Å². The Morgan fingerprint density at radius 3 is 2.87 bits per heavy atom. The van der Waals surface area contributed by atoms with E-state index in [0.29, 0.717) is 13.0 Å². The molecular formula is C11H18O4. The van der Waals surface area contributed by atoms with E-state index in [1.165, 1.54) is 0 Å². The van der Waals surface area contributed by atoms with Gasteiger partial charge in [0.25, 0.3) is 0 Å². The Hall–Kier alpha value is -0.870. The SMILES string of the molecule is O=C(O)C(OCCCO)C1CC=CCC1. The van der Waals surface area contributed by atoms with Gasteiger partial charge in [0.15, 0.2) is 6.10 Å². The van der Waals surface area contributed by atoms with Crippen molar-refractivity contribution in [3.63, 3.8) is 0 Å². The normalized spacial score (nSPS) is 22.6. The summed E-state index contributed by atoms with van der Waals surface area (Å²) >= 11 is 0. The lowest BCUT2D eigenvalue weighted by atomic mass is 9.89. The van der Waals surface area contributed by atoms with Gasteiger partial charge in [-0.05, 0) is 31.6 Å². The minimum atomic E-state index is -0.895. The average Bonchev–Trinajstić information content (AvgIpc) is 2.25. The Balaban J connectivity index is 2.42. The highest BCUT2D eigenvalue weighted by Crippen LogP contribution is 2.24. The van der Waals surface area contributed by atoms with Gasteiger partial charge in [-0.25, -0.2) is 4.79 Å². The molecule has 0 aliphatic heterocycles. The minimum absolute atomic E-state index is 0.0386. The molecule has 1 aliphatic rings. The molecule has 0 aromatic heterocycles. The van der Waals surface area contributed by atoms with E-state index in [1.54, 1.807) is 0 Å². The van der Waals surface area contributed by atoms with Gasteiger partial charge >= 0.3 is 5.97 Å². The fourth-order valence-electron chi connectivity index (χ4n) is 1.78. The molecule has 2 N–H and O–H groups in total. The first-order valence-corrected chi connectivity index (χ1v) is 5.36. The van der Waals surface area contributed by atoms with Gasteiger partial charge < -0.3 is 14.9 Å². The number of allylic oxidation sites excluding steroid dienone is 2. The van der Waals surface area contributed by atoms with Crippen LogP contribution in [0.15, 0.2) is 12.2 Å². The lowest BCUT2D eigenvalue weighted by molar-refractivity contribution is -0.154. The van der Waals surface area contributed by atoms with Gasteiger partial charge in [-0.15, -0.1) is 0 Å². The molecule has 0 fully saturated rings. The van der Waals surface area contributed by atoms with Crippen LogP contribution < -0.4 is 0 Å². The van der Waals surface area contributed by atoms with Crippen molar-refractivity contribution in [3.8, 4) is 0 Å². The lowest BCUT2D eigenvalue weighted by Crippen LogP contribution is -2.33. The maximum Gasteiger partial charge on any atom is 0.333 e. The van der Waals surface area contributed by atoms with Crippen molar-refractivity contribution >= 4 is 5.97 Å². The summed E-state index contributed by atoms with van der Waals surface area (Å²) in [7, 11) is 0. The summed E-state index contributed by atoms with van der Waals surface area (Å²) in [6.45, 7) is 0.352. The van der Waals surface area contributed by atoms with Crippen LogP contribution in [0.2, 0.25) is 0 Å². The molecule has 0 spiro atoms. The van der Waals surface area contributed by atoms with E-state index in [0.717, 1.165) is 19.3 Å². The summed E-state index contributed by atoms with van der Waals surface area (Å²) in [5.41, 5.74) is 0. The molecule has 0 aromatic rings. The molecule has 15 heavy (non-hydrogen) atoms. The monoisotopic (exact) mass is 214 g/mol. The van der Waals surface area contributed by atoms with E-state index < -0.39 is 12.1 Å². The fourth-order valence-corrected chi connectivity index (χ4v) is 1.78. The third kappa shape index (κ3) is 4.01. The second-order valence-corrected chi connectivity index (χ2v) is 3.75. The number of hydrogen-bond donors (Lipinski definition) is 2. The third-order valence-electron chi connectivity index (χ3n) is 2.58. The molecule has 2 unspecified atom stereocenters. The first-order chi connectivity index (χ1) is 7.25. The Morgan fingerprint density at radius 1 is 1.53 bits per heavy atom. The first-order valence-electron chi connectivity index (χ1n) is 5.36. The van der Waals surface area contributed by atoms with Gasteiger partial charge in [0.05, 0.1) is 0 Å². The summed E-state index contributed by atoms with van der Waals surface area (Å²) in [6.07, 6.45) is 6.43. The molecule has 0 radical (unpaired) electrons. The smallest absolute Gasteiger partial charge is 0.333 e. The quantitative estimate of drug-likeness (QED) is 0.515. The highest BCUT2D eigenvalue weighted by molar-refractivity contribution is 5.72. The summed E-state index contributed by atoms with van der Waals surface area (Å²) < 4.78 is 5.29. The van der Waals surface area contributed by atoms with Crippen LogP contribution in [-0.4, -0.2) is 35.5 Å². The zero-order valence-electron chi connectivity index (χ0n) is 8.76. The highest BCUT2D eigenvalue weighted by atomic mass is 16.5. The van der Waals surface area contributed by atoms with E-state index in [2.05, 4.69) is 6.08 Å². The number of aliphatic hydroxyl groups excluding tert-OH is 1. The zero-order valence-corrected chi connectivity index (χ0v) is 8.76. The van der Waals surface area contributed by atoms with Crippen molar-refractivity contribution in [3.05, 3.63) is 12.2 Å². The largest absolute Gasteiger partial charge is 0.479 e. The van der Waals surface area contributed by atoms with Crippen molar-refractivity contribution in [1.29, 1.82) is 0 Å². The van der Waals surface area contributed by atoms with Gasteiger partial charge in [-0.1, -0.05) is 12.2 Å². The summed E-state index contributed by atoms with van der Waals surface area (Å²) in [5.74, 6) is -0.820. The van der Waals surface area contributed by atoms with E-state index >= 15 is 0 Å². The lowest BCUT2D eigenvalue weighted by Gasteiger charge is -2.24. The Labute approximate surface area is 89.6 Å². The third-order valence-corrected chi connectivity index (χ3v) is 2.58. The van der Waals surface area contributed by atoms with Crippen molar-refractivity contribution < 1.29 is 19.7 Å². The molecule has 4 nitrogen and oxygen atoms in total.